The minimum absolute atomic E-state index is 0.0142. The fourth-order valence-corrected chi connectivity index (χ4v) is 1.79. The van der Waals surface area contributed by atoms with Gasteiger partial charge >= 0.3 is 5.97 Å². The van der Waals surface area contributed by atoms with Crippen molar-refractivity contribution < 1.29 is 19.1 Å². The SMILES string of the molecule is N#Cc1oc2ccccc2c1Oc1ccc(C(=O)O)nn1. The zero-order valence-electron chi connectivity index (χ0n) is 10.5. The van der Waals surface area contributed by atoms with Crippen molar-refractivity contribution in [3.63, 3.8) is 0 Å². The Labute approximate surface area is 118 Å². The van der Waals surface area contributed by atoms with Gasteiger partial charge in [0.15, 0.2) is 11.4 Å². The average Bonchev–Trinajstić information content (AvgIpc) is 2.86. The van der Waals surface area contributed by atoms with Crippen LogP contribution in [0, 0.1) is 11.3 Å². The summed E-state index contributed by atoms with van der Waals surface area (Å²) in [5, 5.41) is 25.6. The molecule has 0 aliphatic heterocycles. The molecule has 0 spiro atoms. The number of rotatable bonds is 3. The van der Waals surface area contributed by atoms with E-state index in [0.717, 1.165) is 0 Å². The molecule has 7 heteroatoms. The number of nitriles is 1. The molecule has 2 heterocycles. The fourth-order valence-electron chi connectivity index (χ4n) is 1.79. The molecule has 0 atom stereocenters. The molecule has 0 fully saturated rings. The topological polar surface area (TPSA) is 109 Å². The van der Waals surface area contributed by atoms with E-state index in [4.69, 9.17) is 19.5 Å². The van der Waals surface area contributed by atoms with E-state index in [2.05, 4.69) is 10.2 Å². The van der Waals surface area contributed by atoms with Crippen molar-refractivity contribution >= 4 is 16.9 Å². The number of hydrogen-bond acceptors (Lipinski definition) is 6. The van der Waals surface area contributed by atoms with Gasteiger partial charge in [0.2, 0.25) is 11.6 Å². The maximum atomic E-state index is 10.7. The van der Waals surface area contributed by atoms with Gasteiger partial charge in [0, 0.05) is 6.07 Å². The predicted molar refractivity (Wildman–Crippen MR) is 70.0 cm³/mol. The lowest BCUT2D eigenvalue weighted by Gasteiger charge is -2.02. The Morgan fingerprint density at radius 1 is 1.24 bits per heavy atom. The summed E-state index contributed by atoms with van der Waals surface area (Å²) in [6.45, 7) is 0. The van der Waals surface area contributed by atoms with Crippen LogP contribution < -0.4 is 4.74 Å². The smallest absolute Gasteiger partial charge is 0.356 e. The number of carbonyl (C=O) groups is 1. The van der Waals surface area contributed by atoms with Crippen LogP contribution in [0.5, 0.6) is 11.6 Å². The molecule has 2 aromatic heterocycles. The first-order valence-corrected chi connectivity index (χ1v) is 5.85. The van der Waals surface area contributed by atoms with Crippen LogP contribution in [0.1, 0.15) is 16.2 Å². The van der Waals surface area contributed by atoms with Crippen molar-refractivity contribution in [2.75, 3.05) is 0 Å². The molecule has 0 saturated carbocycles. The van der Waals surface area contributed by atoms with Crippen LogP contribution in [0.4, 0.5) is 0 Å². The van der Waals surface area contributed by atoms with Gasteiger partial charge in [-0.15, -0.1) is 10.2 Å². The van der Waals surface area contributed by atoms with Crippen LogP contribution in [0.15, 0.2) is 40.8 Å². The predicted octanol–water partition coefficient (Wildman–Crippen LogP) is 2.58. The molecular weight excluding hydrogens is 274 g/mol. The molecule has 0 aliphatic rings. The summed E-state index contributed by atoms with van der Waals surface area (Å²) >= 11 is 0. The largest absolute Gasteiger partial charge is 0.476 e. The van der Waals surface area contributed by atoms with Gasteiger partial charge < -0.3 is 14.3 Å². The van der Waals surface area contributed by atoms with Gasteiger partial charge in [-0.3, -0.25) is 0 Å². The van der Waals surface area contributed by atoms with Gasteiger partial charge in [-0.05, 0) is 18.2 Å². The van der Waals surface area contributed by atoms with E-state index in [1.807, 2.05) is 6.07 Å². The molecule has 0 bridgehead atoms. The first-order chi connectivity index (χ1) is 10.2. The van der Waals surface area contributed by atoms with Crippen LogP contribution in [0.3, 0.4) is 0 Å². The second kappa shape index (κ2) is 4.94. The number of furan rings is 1. The average molecular weight is 281 g/mol. The normalized spacial score (nSPS) is 10.2. The minimum atomic E-state index is -1.18. The zero-order chi connectivity index (χ0) is 14.8. The highest BCUT2D eigenvalue weighted by Gasteiger charge is 2.17. The molecule has 102 valence electrons. The first kappa shape index (κ1) is 12.6. The van der Waals surface area contributed by atoms with E-state index in [0.29, 0.717) is 11.0 Å². The standard InChI is InChI=1S/C14H7N3O4/c15-7-11-13(8-3-1-2-4-10(8)20-11)21-12-6-5-9(14(18)19)16-17-12/h1-6H,(H,18,19). The molecule has 3 aromatic rings. The molecule has 3 rings (SSSR count). The molecule has 1 aromatic carbocycles. The Morgan fingerprint density at radius 3 is 2.71 bits per heavy atom. The van der Waals surface area contributed by atoms with Crippen molar-refractivity contribution in [3.8, 4) is 17.7 Å². The van der Waals surface area contributed by atoms with E-state index < -0.39 is 5.97 Å². The van der Waals surface area contributed by atoms with E-state index in [1.165, 1.54) is 12.1 Å². The summed E-state index contributed by atoms with van der Waals surface area (Å²) in [5.74, 6) is -0.866. The van der Waals surface area contributed by atoms with Crippen LogP contribution in [-0.2, 0) is 0 Å². The summed E-state index contributed by atoms with van der Waals surface area (Å²) in [7, 11) is 0. The molecule has 0 amide bonds. The van der Waals surface area contributed by atoms with E-state index >= 15 is 0 Å². The minimum Gasteiger partial charge on any atom is -0.476 e. The van der Waals surface area contributed by atoms with E-state index in [-0.39, 0.29) is 23.1 Å². The molecule has 1 N–H and O–H groups in total. The van der Waals surface area contributed by atoms with E-state index in [1.54, 1.807) is 24.3 Å². The summed E-state index contributed by atoms with van der Waals surface area (Å²) in [4.78, 5) is 10.7. The van der Waals surface area contributed by atoms with Gasteiger partial charge in [0.25, 0.3) is 0 Å². The Hall–Kier alpha value is -3.40. The quantitative estimate of drug-likeness (QED) is 0.785. The highest BCUT2D eigenvalue weighted by atomic mass is 16.5. The number of benzene rings is 1. The van der Waals surface area contributed by atoms with Crippen LogP contribution in [0.2, 0.25) is 0 Å². The number of ether oxygens (including phenoxy) is 1. The molecule has 0 saturated heterocycles. The lowest BCUT2D eigenvalue weighted by Crippen LogP contribution is -2.02. The van der Waals surface area contributed by atoms with Gasteiger partial charge in [-0.2, -0.15) is 5.26 Å². The Morgan fingerprint density at radius 2 is 2.05 bits per heavy atom. The number of nitrogens with zero attached hydrogens (tertiary/aromatic N) is 3. The van der Waals surface area contributed by atoms with Crippen molar-refractivity contribution in [2.24, 2.45) is 0 Å². The van der Waals surface area contributed by atoms with Gasteiger partial charge in [-0.1, -0.05) is 12.1 Å². The highest BCUT2D eigenvalue weighted by Crippen LogP contribution is 2.35. The van der Waals surface area contributed by atoms with Crippen LogP contribution >= 0.6 is 0 Å². The van der Waals surface area contributed by atoms with Crippen molar-refractivity contribution in [1.29, 1.82) is 5.26 Å². The summed E-state index contributed by atoms with van der Waals surface area (Å²) in [6.07, 6.45) is 0. The van der Waals surface area contributed by atoms with Crippen molar-refractivity contribution in [3.05, 3.63) is 47.9 Å². The van der Waals surface area contributed by atoms with Gasteiger partial charge in [-0.25, -0.2) is 4.79 Å². The summed E-state index contributed by atoms with van der Waals surface area (Å²) < 4.78 is 10.9. The van der Waals surface area contributed by atoms with Crippen LogP contribution in [0.25, 0.3) is 11.0 Å². The molecule has 0 radical (unpaired) electrons. The molecule has 7 nitrogen and oxygen atoms in total. The van der Waals surface area contributed by atoms with Crippen molar-refractivity contribution in [2.45, 2.75) is 0 Å². The monoisotopic (exact) mass is 281 g/mol. The number of para-hydroxylation sites is 1. The Kier molecular flexibility index (Phi) is 2.97. The van der Waals surface area contributed by atoms with Crippen LogP contribution in [-0.4, -0.2) is 21.3 Å². The molecule has 0 aliphatic carbocycles. The number of carboxylic acid groups (broad SMARTS) is 1. The number of carboxylic acids is 1. The number of fused-ring (bicyclic) bond motifs is 1. The zero-order valence-corrected chi connectivity index (χ0v) is 10.5. The van der Waals surface area contributed by atoms with Gasteiger partial charge in [0.1, 0.15) is 11.7 Å². The second-order valence-corrected chi connectivity index (χ2v) is 4.03. The molecule has 0 unspecified atom stereocenters. The fraction of sp³-hybridized carbons (Fsp3) is 0. The molecule has 21 heavy (non-hydrogen) atoms. The first-order valence-electron chi connectivity index (χ1n) is 5.85. The number of aromatic nitrogens is 2. The maximum Gasteiger partial charge on any atom is 0.356 e. The summed E-state index contributed by atoms with van der Waals surface area (Å²) in [5.41, 5.74) is 0.319. The summed E-state index contributed by atoms with van der Waals surface area (Å²) in [6, 6.07) is 11.5. The molecular formula is C14H7N3O4. The van der Waals surface area contributed by atoms with E-state index in [9.17, 15) is 4.79 Å². The van der Waals surface area contributed by atoms with Gasteiger partial charge in [0.05, 0.1) is 5.39 Å². The number of hydrogen-bond donors (Lipinski definition) is 1. The lowest BCUT2D eigenvalue weighted by molar-refractivity contribution is 0.0689. The third-order valence-electron chi connectivity index (χ3n) is 2.72. The Balaban J connectivity index is 2.01. The number of aromatic carboxylic acids is 1. The lowest BCUT2D eigenvalue weighted by atomic mass is 10.2. The third kappa shape index (κ3) is 2.26. The van der Waals surface area contributed by atoms with Crippen molar-refractivity contribution in [1.82, 2.24) is 10.2 Å². The second-order valence-electron chi connectivity index (χ2n) is 4.03. The third-order valence-corrected chi connectivity index (χ3v) is 2.72. The highest BCUT2D eigenvalue weighted by molar-refractivity contribution is 5.87. The maximum absolute atomic E-state index is 10.7. The Bertz CT molecular complexity index is 862.